The average molecular weight is 246 g/mol. The van der Waals surface area contributed by atoms with Gasteiger partial charge in [0, 0.05) is 23.1 Å². The van der Waals surface area contributed by atoms with Gasteiger partial charge in [0.25, 0.3) is 0 Å². The number of rotatable bonds is 3. The van der Waals surface area contributed by atoms with Crippen LogP contribution >= 0.6 is 0 Å². The maximum atomic E-state index is 13.5. The summed E-state index contributed by atoms with van der Waals surface area (Å²) in [7, 11) is 1.44. The van der Waals surface area contributed by atoms with Crippen LogP contribution in [0.25, 0.3) is 0 Å². The molecule has 3 nitrogen and oxygen atoms in total. The lowest BCUT2D eigenvalue weighted by atomic mass is 10.1. The SMILES string of the molecule is COc1ccc(Nc2cccc(N)c2C)cc1F. The number of hydrogen-bond acceptors (Lipinski definition) is 3. The van der Waals surface area contributed by atoms with Crippen molar-refractivity contribution in [3.05, 3.63) is 47.8 Å². The minimum Gasteiger partial charge on any atom is -0.494 e. The van der Waals surface area contributed by atoms with E-state index >= 15 is 0 Å². The Labute approximate surface area is 105 Å². The quantitative estimate of drug-likeness (QED) is 0.815. The van der Waals surface area contributed by atoms with Crippen LogP contribution in [0.15, 0.2) is 36.4 Å². The van der Waals surface area contributed by atoms with Gasteiger partial charge in [-0.2, -0.15) is 0 Å². The predicted molar refractivity (Wildman–Crippen MR) is 71.8 cm³/mol. The van der Waals surface area contributed by atoms with Crippen molar-refractivity contribution >= 4 is 17.1 Å². The lowest BCUT2D eigenvalue weighted by molar-refractivity contribution is 0.386. The fraction of sp³-hybridized carbons (Fsp3) is 0.143. The smallest absolute Gasteiger partial charge is 0.167 e. The fourth-order valence-corrected chi connectivity index (χ4v) is 1.69. The van der Waals surface area contributed by atoms with E-state index in [9.17, 15) is 4.39 Å². The second-order valence-corrected chi connectivity index (χ2v) is 3.99. The zero-order valence-electron chi connectivity index (χ0n) is 10.3. The molecule has 94 valence electrons. The summed E-state index contributed by atoms with van der Waals surface area (Å²) >= 11 is 0. The van der Waals surface area contributed by atoms with Gasteiger partial charge in [0.15, 0.2) is 11.6 Å². The standard InChI is InChI=1S/C14H15FN2O/c1-9-12(16)4-3-5-13(9)17-10-6-7-14(18-2)11(15)8-10/h3-8,17H,16H2,1-2H3. The highest BCUT2D eigenvalue weighted by atomic mass is 19.1. The maximum Gasteiger partial charge on any atom is 0.167 e. The van der Waals surface area contributed by atoms with Crippen molar-refractivity contribution in [1.29, 1.82) is 0 Å². The molecule has 0 heterocycles. The molecule has 0 unspecified atom stereocenters. The number of nitrogen functional groups attached to an aromatic ring is 1. The molecule has 4 heteroatoms. The highest BCUT2D eigenvalue weighted by Gasteiger charge is 2.05. The summed E-state index contributed by atoms with van der Waals surface area (Å²) in [6.07, 6.45) is 0. The Morgan fingerprint density at radius 3 is 2.67 bits per heavy atom. The second kappa shape index (κ2) is 4.96. The van der Waals surface area contributed by atoms with Crippen LogP contribution in [0.5, 0.6) is 5.75 Å². The third-order valence-electron chi connectivity index (χ3n) is 2.81. The Morgan fingerprint density at radius 2 is 2.00 bits per heavy atom. The highest BCUT2D eigenvalue weighted by molar-refractivity contribution is 5.69. The lowest BCUT2D eigenvalue weighted by Gasteiger charge is -2.12. The summed E-state index contributed by atoms with van der Waals surface area (Å²) in [5.41, 5.74) is 8.97. The van der Waals surface area contributed by atoms with Gasteiger partial charge >= 0.3 is 0 Å². The van der Waals surface area contributed by atoms with Gasteiger partial charge < -0.3 is 15.8 Å². The van der Waals surface area contributed by atoms with E-state index in [0.717, 1.165) is 11.3 Å². The summed E-state index contributed by atoms with van der Waals surface area (Å²) in [4.78, 5) is 0. The normalized spacial score (nSPS) is 10.2. The summed E-state index contributed by atoms with van der Waals surface area (Å²) in [5.74, 6) is -0.172. The zero-order chi connectivity index (χ0) is 13.1. The van der Waals surface area contributed by atoms with Gasteiger partial charge in [-0.3, -0.25) is 0 Å². The summed E-state index contributed by atoms with van der Waals surface area (Å²) in [6, 6.07) is 10.3. The third kappa shape index (κ3) is 2.37. The van der Waals surface area contributed by atoms with E-state index in [4.69, 9.17) is 10.5 Å². The van der Waals surface area contributed by atoms with E-state index < -0.39 is 5.82 Å². The number of hydrogen-bond donors (Lipinski definition) is 2. The molecule has 2 rings (SSSR count). The summed E-state index contributed by atoms with van der Waals surface area (Å²) < 4.78 is 18.4. The van der Waals surface area contributed by atoms with Crippen LogP contribution in [0.3, 0.4) is 0 Å². The number of ether oxygens (including phenoxy) is 1. The Bertz CT molecular complexity index is 570. The molecular formula is C14H15FN2O. The number of nitrogens with two attached hydrogens (primary N) is 1. The van der Waals surface area contributed by atoms with Gasteiger partial charge in [-0.15, -0.1) is 0 Å². The zero-order valence-corrected chi connectivity index (χ0v) is 10.3. The molecule has 0 fully saturated rings. The molecule has 0 spiro atoms. The highest BCUT2D eigenvalue weighted by Crippen LogP contribution is 2.27. The Balaban J connectivity index is 2.29. The molecule has 0 aromatic heterocycles. The molecular weight excluding hydrogens is 231 g/mol. The Kier molecular flexibility index (Phi) is 3.37. The summed E-state index contributed by atoms with van der Waals surface area (Å²) in [6.45, 7) is 1.91. The van der Waals surface area contributed by atoms with Crippen molar-refractivity contribution in [3.63, 3.8) is 0 Å². The molecule has 2 aromatic carbocycles. The first-order chi connectivity index (χ1) is 8.61. The molecule has 18 heavy (non-hydrogen) atoms. The van der Waals surface area contributed by atoms with Crippen LogP contribution in [-0.4, -0.2) is 7.11 Å². The van der Waals surface area contributed by atoms with Crippen molar-refractivity contribution < 1.29 is 9.13 Å². The molecule has 0 aliphatic carbocycles. The van der Waals surface area contributed by atoms with Crippen LogP contribution in [0.2, 0.25) is 0 Å². The van der Waals surface area contributed by atoms with E-state index in [-0.39, 0.29) is 5.75 Å². The Hall–Kier alpha value is -2.23. The van der Waals surface area contributed by atoms with Crippen molar-refractivity contribution in [2.75, 3.05) is 18.2 Å². The van der Waals surface area contributed by atoms with E-state index in [1.165, 1.54) is 13.2 Å². The minimum absolute atomic E-state index is 0.227. The van der Waals surface area contributed by atoms with Crippen LogP contribution in [0.1, 0.15) is 5.56 Å². The lowest BCUT2D eigenvalue weighted by Crippen LogP contribution is -1.97. The van der Waals surface area contributed by atoms with Crippen molar-refractivity contribution in [2.24, 2.45) is 0 Å². The minimum atomic E-state index is -0.399. The number of halogens is 1. The van der Waals surface area contributed by atoms with Gasteiger partial charge in [-0.05, 0) is 36.8 Å². The fourth-order valence-electron chi connectivity index (χ4n) is 1.69. The van der Waals surface area contributed by atoms with E-state index in [0.29, 0.717) is 11.4 Å². The van der Waals surface area contributed by atoms with Crippen LogP contribution in [0.4, 0.5) is 21.5 Å². The van der Waals surface area contributed by atoms with E-state index in [1.54, 1.807) is 12.1 Å². The van der Waals surface area contributed by atoms with E-state index in [1.807, 2.05) is 25.1 Å². The molecule has 0 saturated heterocycles. The molecule has 0 aliphatic rings. The molecule has 0 radical (unpaired) electrons. The predicted octanol–water partition coefficient (Wildman–Crippen LogP) is 3.47. The topological polar surface area (TPSA) is 47.3 Å². The number of anilines is 3. The number of nitrogens with one attached hydrogen (secondary N) is 1. The summed E-state index contributed by atoms with van der Waals surface area (Å²) in [5, 5.41) is 3.13. The second-order valence-electron chi connectivity index (χ2n) is 3.99. The van der Waals surface area contributed by atoms with Crippen molar-refractivity contribution in [2.45, 2.75) is 6.92 Å². The van der Waals surface area contributed by atoms with Gasteiger partial charge in [-0.25, -0.2) is 4.39 Å². The molecule has 3 N–H and O–H groups in total. The monoisotopic (exact) mass is 246 g/mol. The van der Waals surface area contributed by atoms with Gasteiger partial charge in [-0.1, -0.05) is 6.07 Å². The molecule has 0 aliphatic heterocycles. The first-order valence-corrected chi connectivity index (χ1v) is 5.57. The first-order valence-electron chi connectivity index (χ1n) is 5.57. The first kappa shape index (κ1) is 12.2. The molecule has 0 amide bonds. The largest absolute Gasteiger partial charge is 0.494 e. The van der Waals surface area contributed by atoms with Crippen LogP contribution < -0.4 is 15.8 Å². The van der Waals surface area contributed by atoms with Crippen molar-refractivity contribution in [1.82, 2.24) is 0 Å². The van der Waals surface area contributed by atoms with Gasteiger partial charge in [0.05, 0.1) is 7.11 Å². The molecule has 0 saturated carbocycles. The third-order valence-corrected chi connectivity index (χ3v) is 2.81. The number of benzene rings is 2. The molecule has 2 aromatic rings. The van der Waals surface area contributed by atoms with Crippen LogP contribution in [0, 0.1) is 12.7 Å². The Morgan fingerprint density at radius 1 is 1.22 bits per heavy atom. The van der Waals surface area contributed by atoms with Crippen molar-refractivity contribution in [3.8, 4) is 5.75 Å². The molecule has 0 atom stereocenters. The van der Waals surface area contributed by atoms with E-state index in [2.05, 4.69) is 5.32 Å². The average Bonchev–Trinajstić information content (AvgIpc) is 2.35. The maximum absolute atomic E-state index is 13.5. The van der Waals surface area contributed by atoms with Gasteiger partial charge in [0.1, 0.15) is 0 Å². The van der Waals surface area contributed by atoms with Crippen LogP contribution in [-0.2, 0) is 0 Å². The molecule has 0 bridgehead atoms. The number of methoxy groups -OCH3 is 1. The van der Waals surface area contributed by atoms with Gasteiger partial charge in [0.2, 0.25) is 0 Å².